The van der Waals surface area contributed by atoms with Gasteiger partial charge in [0.05, 0.1) is 17.9 Å². The minimum absolute atomic E-state index is 0.226. The molecule has 1 atom stereocenters. The monoisotopic (exact) mass is 461 g/mol. The number of urea groups is 1. The number of carbonyl (C=O) groups is 1. The first-order valence-corrected chi connectivity index (χ1v) is 11.8. The van der Waals surface area contributed by atoms with E-state index < -0.39 is 5.82 Å². The van der Waals surface area contributed by atoms with E-state index in [1.807, 2.05) is 37.3 Å². The van der Waals surface area contributed by atoms with Crippen molar-refractivity contribution in [2.24, 2.45) is 11.7 Å². The Hall–Kier alpha value is -3.45. The highest BCUT2D eigenvalue weighted by atomic mass is 19.1. The van der Waals surface area contributed by atoms with Crippen LogP contribution in [0.4, 0.5) is 26.4 Å². The van der Waals surface area contributed by atoms with Crippen LogP contribution in [0.2, 0.25) is 0 Å². The van der Waals surface area contributed by atoms with Crippen molar-refractivity contribution in [2.45, 2.75) is 39.8 Å². The number of fused-ring (bicyclic) bond motifs is 1. The molecule has 1 aliphatic rings. The Kier molecular flexibility index (Phi) is 7.43. The van der Waals surface area contributed by atoms with E-state index in [0.29, 0.717) is 31.1 Å². The summed E-state index contributed by atoms with van der Waals surface area (Å²) >= 11 is 0. The van der Waals surface area contributed by atoms with Crippen LogP contribution in [0.15, 0.2) is 60.8 Å². The number of benzene rings is 2. The number of para-hydroxylation sites is 1. The van der Waals surface area contributed by atoms with Crippen molar-refractivity contribution >= 4 is 23.2 Å². The molecule has 3 aromatic rings. The van der Waals surface area contributed by atoms with Crippen LogP contribution in [0.1, 0.15) is 36.5 Å². The van der Waals surface area contributed by atoms with Crippen LogP contribution in [0, 0.1) is 18.7 Å². The van der Waals surface area contributed by atoms with Gasteiger partial charge in [-0.2, -0.15) is 0 Å². The summed E-state index contributed by atoms with van der Waals surface area (Å²) < 4.78 is 14.8. The number of pyridine rings is 1. The summed E-state index contributed by atoms with van der Waals surface area (Å²) in [6.07, 6.45) is 3.51. The first kappa shape index (κ1) is 23.7. The molecule has 0 bridgehead atoms. The zero-order chi connectivity index (χ0) is 24.1. The fourth-order valence-electron chi connectivity index (χ4n) is 4.45. The Morgan fingerprint density at radius 3 is 2.68 bits per heavy atom. The number of anilines is 3. The van der Waals surface area contributed by atoms with E-state index >= 15 is 0 Å². The third-order valence-corrected chi connectivity index (χ3v) is 6.41. The number of aromatic nitrogens is 1. The molecule has 2 aromatic carbocycles. The highest BCUT2D eigenvalue weighted by molar-refractivity contribution is 6.06. The Morgan fingerprint density at radius 2 is 1.97 bits per heavy atom. The maximum Gasteiger partial charge on any atom is 0.329 e. The second kappa shape index (κ2) is 10.7. The lowest BCUT2D eigenvalue weighted by molar-refractivity contribution is 0.248. The van der Waals surface area contributed by atoms with Gasteiger partial charge in [-0.1, -0.05) is 55.8 Å². The molecular formula is C27H32FN5O. The Balaban J connectivity index is 1.68. The first-order chi connectivity index (χ1) is 16.5. The van der Waals surface area contributed by atoms with Crippen LogP contribution in [-0.4, -0.2) is 24.1 Å². The lowest BCUT2D eigenvalue weighted by Crippen LogP contribution is -2.49. The molecule has 0 radical (unpaired) electrons. The number of hydrogen-bond donors (Lipinski definition) is 2. The minimum atomic E-state index is -0.403. The van der Waals surface area contributed by atoms with Crippen LogP contribution < -0.4 is 20.9 Å². The van der Waals surface area contributed by atoms with E-state index in [1.165, 1.54) is 11.0 Å². The molecular weight excluding hydrogens is 429 g/mol. The van der Waals surface area contributed by atoms with E-state index in [1.54, 1.807) is 17.2 Å². The zero-order valence-corrected chi connectivity index (χ0v) is 19.8. The van der Waals surface area contributed by atoms with E-state index in [9.17, 15) is 9.18 Å². The van der Waals surface area contributed by atoms with Crippen molar-refractivity contribution in [3.05, 3.63) is 83.3 Å². The molecule has 0 saturated heterocycles. The number of aryl methyl sites for hydroxylation is 1. The summed E-state index contributed by atoms with van der Waals surface area (Å²) in [7, 11) is 0. The number of halogens is 1. The lowest BCUT2D eigenvalue weighted by Gasteiger charge is -2.39. The molecule has 2 heterocycles. The quantitative estimate of drug-likeness (QED) is 0.444. The molecule has 0 fully saturated rings. The third-order valence-electron chi connectivity index (χ3n) is 6.41. The predicted molar refractivity (Wildman–Crippen MR) is 136 cm³/mol. The maximum atomic E-state index is 14.8. The van der Waals surface area contributed by atoms with Crippen LogP contribution >= 0.6 is 0 Å². The van der Waals surface area contributed by atoms with Crippen LogP contribution in [0.5, 0.6) is 0 Å². The molecule has 1 unspecified atom stereocenters. The van der Waals surface area contributed by atoms with Crippen molar-refractivity contribution in [3.63, 3.8) is 0 Å². The molecule has 0 saturated carbocycles. The second-order valence-corrected chi connectivity index (χ2v) is 8.77. The fraction of sp³-hybridized carbons (Fsp3) is 0.333. The van der Waals surface area contributed by atoms with Crippen molar-refractivity contribution in [3.8, 4) is 0 Å². The number of hydrogen-bond acceptors (Lipinski definition) is 4. The van der Waals surface area contributed by atoms with Gasteiger partial charge < -0.3 is 11.1 Å². The first-order valence-electron chi connectivity index (χ1n) is 11.8. The molecule has 1 aromatic heterocycles. The fourth-order valence-corrected chi connectivity index (χ4v) is 4.45. The SMILES string of the molecule is CCC(CCN)CN1C(=O)N(c2c(C)cccc2F)Cc2cnc(NCc3ccccc3)cc21. The van der Waals surface area contributed by atoms with Crippen molar-refractivity contribution < 1.29 is 9.18 Å². The third kappa shape index (κ3) is 5.04. The molecule has 0 spiro atoms. The molecule has 4 rings (SSSR count). The van der Waals surface area contributed by atoms with Crippen LogP contribution in [0.3, 0.4) is 0 Å². The summed E-state index contributed by atoms with van der Waals surface area (Å²) in [6, 6.07) is 16.7. The molecule has 6 nitrogen and oxygen atoms in total. The summed E-state index contributed by atoms with van der Waals surface area (Å²) in [5.41, 5.74) is 9.72. The number of nitrogens with zero attached hydrogens (tertiary/aromatic N) is 3. The lowest BCUT2D eigenvalue weighted by atomic mass is 10.00. The van der Waals surface area contributed by atoms with Crippen molar-refractivity contribution in [1.82, 2.24) is 4.98 Å². The molecule has 178 valence electrons. The predicted octanol–water partition coefficient (Wildman–Crippen LogP) is 5.46. The zero-order valence-electron chi connectivity index (χ0n) is 19.8. The van der Waals surface area contributed by atoms with E-state index in [-0.39, 0.29) is 18.5 Å². The number of rotatable bonds is 9. The minimum Gasteiger partial charge on any atom is -0.366 e. The van der Waals surface area contributed by atoms with E-state index in [2.05, 4.69) is 29.4 Å². The number of amides is 2. The van der Waals surface area contributed by atoms with Gasteiger partial charge in [0.15, 0.2) is 0 Å². The van der Waals surface area contributed by atoms with Gasteiger partial charge in [0, 0.05) is 30.9 Å². The Labute approximate surface area is 200 Å². The van der Waals surface area contributed by atoms with Gasteiger partial charge in [-0.25, -0.2) is 14.2 Å². The van der Waals surface area contributed by atoms with Gasteiger partial charge in [0.25, 0.3) is 0 Å². The second-order valence-electron chi connectivity index (χ2n) is 8.77. The average molecular weight is 462 g/mol. The van der Waals surface area contributed by atoms with Crippen molar-refractivity contribution in [2.75, 3.05) is 28.2 Å². The summed E-state index contributed by atoms with van der Waals surface area (Å²) in [6.45, 7) is 5.91. The van der Waals surface area contributed by atoms with E-state index in [0.717, 1.165) is 35.2 Å². The largest absolute Gasteiger partial charge is 0.366 e. The number of nitrogens with two attached hydrogens (primary N) is 1. The van der Waals surface area contributed by atoms with Gasteiger partial charge in [-0.15, -0.1) is 0 Å². The number of carbonyl (C=O) groups excluding carboxylic acids is 1. The van der Waals surface area contributed by atoms with Gasteiger partial charge in [0.1, 0.15) is 11.6 Å². The molecule has 1 aliphatic heterocycles. The van der Waals surface area contributed by atoms with Crippen LogP contribution in [-0.2, 0) is 13.1 Å². The molecule has 0 aliphatic carbocycles. The Morgan fingerprint density at radius 1 is 1.18 bits per heavy atom. The summed E-state index contributed by atoms with van der Waals surface area (Å²) in [4.78, 5) is 21.6. The normalized spacial score (nSPS) is 14.2. The van der Waals surface area contributed by atoms with Gasteiger partial charge >= 0.3 is 6.03 Å². The highest BCUT2D eigenvalue weighted by Gasteiger charge is 2.34. The standard InChI is InChI=1S/C27H32FN5O/c1-3-20(12-13-29)17-32-24-14-25(30-15-21-9-5-4-6-10-21)31-16-22(24)18-33(27(32)34)26-19(2)8-7-11-23(26)28/h4-11,14,16,20H,3,12-13,15,17-18,29H2,1-2H3,(H,30,31). The Bertz CT molecular complexity index is 1120. The van der Waals surface area contributed by atoms with Gasteiger partial charge in [0.2, 0.25) is 0 Å². The van der Waals surface area contributed by atoms with E-state index in [4.69, 9.17) is 5.73 Å². The molecule has 7 heteroatoms. The molecule has 3 N–H and O–H groups in total. The highest BCUT2D eigenvalue weighted by Crippen LogP contribution is 2.36. The number of nitrogens with one attached hydrogen (secondary N) is 1. The van der Waals surface area contributed by atoms with Gasteiger partial charge in [-0.3, -0.25) is 9.80 Å². The summed E-state index contributed by atoms with van der Waals surface area (Å²) in [5.74, 6) is 0.542. The maximum absolute atomic E-state index is 14.8. The molecule has 2 amide bonds. The van der Waals surface area contributed by atoms with Gasteiger partial charge in [-0.05, 0) is 43.0 Å². The summed E-state index contributed by atoms with van der Waals surface area (Å²) in [5, 5.41) is 3.36. The average Bonchev–Trinajstić information content (AvgIpc) is 2.85. The van der Waals surface area contributed by atoms with Crippen molar-refractivity contribution in [1.29, 1.82) is 0 Å². The molecule has 34 heavy (non-hydrogen) atoms. The smallest absolute Gasteiger partial charge is 0.329 e. The topological polar surface area (TPSA) is 74.5 Å². The van der Waals surface area contributed by atoms with Crippen LogP contribution in [0.25, 0.3) is 0 Å².